The third kappa shape index (κ3) is 3.68. The van der Waals surface area contributed by atoms with E-state index in [4.69, 9.17) is 40.2 Å². The summed E-state index contributed by atoms with van der Waals surface area (Å²) < 4.78 is 6.35. The lowest BCUT2D eigenvalue weighted by Gasteiger charge is -2.12. The molecule has 1 heterocycles. The van der Waals surface area contributed by atoms with E-state index in [2.05, 4.69) is 10.4 Å². The minimum atomic E-state index is -0.590. The number of carbonyl (C=O) groups is 1. The molecule has 2 N–H and O–H groups in total. The molecule has 0 atom stereocenters. The van der Waals surface area contributed by atoms with Gasteiger partial charge in [-0.25, -0.2) is 0 Å². The molecule has 0 saturated heterocycles. The summed E-state index contributed by atoms with van der Waals surface area (Å²) in [5, 5.41) is 0.951. The maximum absolute atomic E-state index is 12.4. The summed E-state index contributed by atoms with van der Waals surface area (Å²) in [6.45, 7) is -0.391. The number of benzene rings is 2. The average molecular weight is 396 g/mol. The Morgan fingerprint density at radius 3 is 2.56 bits per heavy atom. The van der Waals surface area contributed by atoms with E-state index < -0.39 is 18.1 Å². The van der Waals surface area contributed by atoms with E-state index in [9.17, 15) is 9.59 Å². The van der Waals surface area contributed by atoms with Crippen molar-refractivity contribution in [3.05, 3.63) is 67.6 Å². The molecule has 0 aliphatic carbocycles. The van der Waals surface area contributed by atoms with Crippen LogP contribution in [0.1, 0.15) is 0 Å². The van der Waals surface area contributed by atoms with Crippen LogP contribution in [0.2, 0.25) is 10.0 Å². The fourth-order valence-corrected chi connectivity index (χ4v) is 2.92. The first-order valence-electron chi connectivity index (χ1n) is 7.08. The second-order valence-electron chi connectivity index (χ2n) is 4.99. The van der Waals surface area contributed by atoms with Gasteiger partial charge in [0.15, 0.2) is 17.1 Å². The zero-order valence-electron chi connectivity index (χ0n) is 12.6. The maximum Gasteiger partial charge on any atom is 0.281 e. The highest BCUT2D eigenvalue weighted by Gasteiger charge is 2.12. The van der Waals surface area contributed by atoms with E-state index in [1.807, 2.05) is 0 Å². The lowest BCUT2D eigenvalue weighted by Crippen LogP contribution is -2.36. The number of amides is 1. The van der Waals surface area contributed by atoms with Crippen molar-refractivity contribution in [1.29, 1.82) is 0 Å². The number of para-hydroxylation sites is 2. The molecule has 9 heteroatoms. The lowest BCUT2D eigenvalue weighted by molar-refractivity contribution is -0.119. The van der Waals surface area contributed by atoms with Crippen molar-refractivity contribution in [1.82, 2.24) is 9.66 Å². The van der Waals surface area contributed by atoms with E-state index >= 15 is 0 Å². The fraction of sp³-hybridized carbons (Fsp3) is 0.0625. The van der Waals surface area contributed by atoms with Gasteiger partial charge in [-0.2, -0.15) is 4.68 Å². The zero-order chi connectivity index (χ0) is 18.0. The Morgan fingerprint density at radius 1 is 1.16 bits per heavy atom. The van der Waals surface area contributed by atoms with Gasteiger partial charge >= 0.3 is 0 Å². The van der Waals surface area contributed by atoms with Gasteiger partial charge in [0.1, 0.15) is 0 Å². The van der Waals surface area contributed by atoms with Crippen molar-refractivity contribution in [3.8, 4) is 5.75 Å². The van der Waals surface area contributed by atoms with Crippen molar-refractivity contribution in [2.45, 2.75) is 0 Å². The van der Waals surface area contributed by atoms with Gasteiger partial charge in [0, 0.05) is 0 Å². The number of H-pyrrole nitrogens is 1. The smallest absolute Gasteiger partial charge is 0.281 e. The van der Waals surface area contributed by atoms with Crippen LogP contribution < -0.4 is 15.7 Å². The Hall–Kier alpha value is -2.35. The van der Waals surface area contributed by atoms with Crippen molar-refractivity contribution in [2.24, 2.45) is 0 Å². The highest BCUT2D eigenvalue weighted by atomic mass is 35.5. The molecule has 128 valence electrons. The molecular weight excluding hydrogens is 385 g/mol. The molecule has 0 aliphatic heterocycles. The van der Waals surface area contributed by atoms with Crippen molar-refractivity contribution < 1.29 is 9.53 Å². The van der Waals surface area contributed by atoms with E-state index in [0.29, 0.717) is 10.9 Å². The molecule has 6 nitrogen and oxygen atoms in total. The zero-order valence-corrected chi connectivity index (χ0v) is 14.9. The van der Waals surface area contributed by atoms with Crippen molar-refractivity contribution >= 4 is 52.2 Å². The summed E-state index contributed by atoms with van der Waals surface area (Å²) in [6.07, 6.45) is 0. The summed E-state index contributed by atoms with van der Waals surface area (Å²) in [5.41, 5.74) is 2.54. The summed E-state index contributed by atoms with van der Waals surface area (Å²) in [6, 6.07) is 11.7. The minimum Gasteiger partial charge on any atom is -0.481 e. The lowest BCUT2D eigenvalue weighted by atomic mass is 10.2. The third-order valence-corrected chi connectivity index (χ3v) is 4.19. The van der Waals surface area contributed by atoms with Gasteiger partial charge in [-0.15, -0.1) is 0 Å². The van der Waals surface area contributed by atoms with Crippen LogP contribution >= 0.6 is 35.4 Å². The second kappa shape index (κ2) is 7.26. The van der Waals surface area contributed by atoms with Gasteiger partial charge in [-0.1, -0.05) is 41.4 Å². The van der Waals surface area contributed by atoms with E-state index in [0.717, 1.165) is 4.68 Å². The van der Waals surface area contributed by atoms with Crippen molar-refractivity contribution in [3.63, 3.8) is 0 Å². The highest BCUT2D eigenvalue weighted by Crippen LogP contribution is 2.32. The van der Waals surface area contributed by atoms with Crippen LogP contribution in [0.15, 0.2) is 47.3 Å². The summed E-state index contributed by atoms with van der Waals surface area (Å²) in [7, 11) is 0. The molecule has 0 unspecified atom stereocenters. The Kier molecular flexibility index (Phi) is 5.08. The molecule has 1 amide bonds. The molecular formula is C16H11Cl2N3O3S. The predicted molar refractivity (Wildman–Crippen MR) is 99.7 cm³/mol. The third-order valence-electron chi connectivity index (χ3n) is 3.31. The number of nitrogens with zero attached hydrogens (tertiary/aromatic N) is 1. The SMILES string of the molecule is O=C(COc1c(Cl)cccc1Cl)Nn1c(=S)[nH]c2ccccc2c1=O. The molecule has 0 spiro atoms. The first-order chi connectivity index (χ1) is 12.0. The van der Waals surface area contributed by atoms with E-state index in [1.165, 1.54) is 0 Å². The molecule has 2 aromatic carbocycles. The topological polar surface area (TPSA) is 76.1 Å². The first-order valence-corrected chi connectivity index (χ1v) is 8.24. The number of ether oxygens (including phenoxy) is 1. The quantitative estimate of drug-likeness (QED) is 0.662. The highest BCUT2D eigenvalue weighted by molar-refractivity contribution is 7.71. The molecule has 0 saturated carbocycles. The number of aromatic amines is 1. The molecule has 3 aromatic rings. The summed E-state index contributed by atoms with van der Waals surface area (Å²) >= 11 is 17.1. The monoisotopic (exact) mass is 395 g/mol. The van der Waals surface area contributed by atoms with E-state index in [1.54, 1.807) is 42.5 Å². The van der Waals surface area contributed by atoms with Crippen LogP contribution in [0.25, 0.3) is 10.9 Å². The van der Waals surface area contributed by atoms with Crippen LogP contribution in [0.5, 0.6) is 5.75 Å². The maximum atomic E-state index is 12.4. The van der Waals surface area contributed by atoms with Crippen LogP contribution in [-0.4, -0.2) is 22.2 Å². The van der Waals surface area contributed by atoms with Crippen LogP contribution in [0.4, 0.5) is 0 Å². The predicted octanol–water partition coefficient (Wildman–Crippen LogP) is 3.51. The molecule has 3 rings (SSSR count). The molecule has 0 bridgehead atoms. The Labute approximate surface area is 156 Å². The van der Waals surface area contributed by atoms with Gasteiger partial charge in [0.05, 0.1) is 20.9 Å². The molecule has 25 heavy (non-hydrogen) atoms. The number of nitrogens with one attached hydrogen (secondary N) is 2. The Balaban J connectivity index is 1.81. The van der Waals surface area contributed by atoms with E-state index in [-0.39, 0.29) is 20.6 Å². The van der Waals surface area contributed by atoms with Crippen LogP contribution in [0, 0.1) is 4.77 Å². The normalized spacial score (nSPS) is 10.6. The largest absolute Gasteiger partial charge is 0.481 e. The molecule has 0 radical (unpaired) electrons. The fourth-order valence-electron chi connectivity index (χ4n) is 2.18. The van der Waals surface area contributed by atoms with Gasteiger partial charge < -0.3 is 9.72 Å². The summed E-state index contributed by atoms with van der Waals surface area (Å²) in [5.74, 6) is -0.398. The molecule has 1 aromatic heterocycles. The van der Waals surface area contributed by atoms with Gasteiger partial charge in [-0.3, -0.25) is 15.0 Å². The van der Waals surface area contributed by atoms with Crippen molar-refractivity contribution in [2.75, 3.05) is 12.0 Å². The van der Waals surface area contributed by atoms with Crippen LogP contribution in [-0.2, 0) is 4.79 Å². The Morgan fingerprint density at radius 2 is 1.84 bits per heavy atom. The number of hydrogen-bond donors (Lipinski definition) is 2. The number of halogens is 2. The number of aromatic nitrogens is 2. The van der Waals surface area contributed by atoms with Gasteiger partial charge in [-0.05, 0) is 36.5 Å². The molecule has 0 aliphatic rings. The van der Waals surface area contributed by atoms with Crippen LogP contribution in [0.3, 0.4) is 0 Å². The minimum absolute atomic E-state index is 0.0628. The number of hydrogen-bond acceptors (Lipinski definition) is 4. The first kappa shape index (κ1) is 17.5. The summed E-state index contributed by atoms with van der Waals surface area (Å²) in [4.78, 5) is 27.4. The number of rotatable bonds is 4. The Bertz CT molecular complexity index is 1060. The second-order valence-corrected chi connectivity index (χ2v) is 6.19. The number of fused-ring (bicyclic) bond motifs is 1. The number of carbonyl (C=O) groups excluding carboxylic acids is 1. The van der Waals surface area contributed by atoms with Gasteiger partial charge in [0.25, 0.3) is 11.5 Å². The standard InChI is InChI=1S/C16H11Cl2N3O3S/c17-10-5-3-6-11(18)14(10)24-8-13(22)20-21-15(23)9-4-1-2-7-12(9)19-16(21)25/h1-7H,8H2,(H,19,25)(H,20,22). The molecule has 0 fully saturated rings. The van der Waals surface area contributed by atoms with Gasteiger partial charge in [0.2, 0.25) is 0 Å². The average Bonchev–Trinajstić information content (AvgIpc) is 2.58.